The van der Waals surface area contributed by atoms with Crippen LogP contribution in [-0.2, 0) is 0 Å². The minimum Gasteiger partial charge on any atom is -0.378 e. The number of nitrogens with one attached hydrogen (secondary N) is 2. The van der Waals surface area contributed by atoms with E-state index in [-0.39, 0.29) is 23.7 Å². The van der Waals surface area contributed by atoms with E-state index < -0.39 is 0 Å². The highest BCUT2D eigenvalue weighted by atomic mass is 16.1. The van der Waals surface area contributed by atoms with Crippen LogP contribution in [0.4, 0.5) is 0 Å². The van der Waals surface area contributed by atoms with Crippen LogP contribution in [0.5, 0.6) is 0 Å². The normalized spacial score (nSPS) is 24.1. The van der Waals surface area contributed by atoms with Crippen molar-refractivity contribution in [2.24, 2.45) is 0 Å². The number of benzene rings is 2. The van der Waals surface area contributed by atoms with E-state index in [1.165, 1.54) is 12.8 Å². The quantitative estimate of drug-likeness (QED) is 0.629. The molecule has 1 aliphatic carbocycles. The molecule has 2 atom stereocenters. The van der Waals surface area contributed by atoms with Crippen molar-refractivity contribution in [1.82, 2.24) is 10.6 Å². The van der Waals surface area contributed by atoms with E-state index in [4.69, 9.17) is 0 Å². The van der Waals surface area contributed by atoms with Crippen LogP contribution in [-0.4, -0.2) is 23.7 Å². The molecular weight excluding hydrogens is 348 g/mol. The van der Waals surface area contributed by atoms with Crippen LogP contribution in [0.2, 0.25) is 0 Å². The van der Waals surface area contributed by atoms with Crippen molar-refractivity contribution in [3.8, 4) is 0 Å². The zero-order valence-electron chi connectivity index (χ0n) is 15.7. The maximum atomic E-state index is 12.7. The lowest BCUT2D eigenvalue weighted by molar-refractivity contribution is 0.103. The topological polar surface area (TPSA) is 58.2 Å². The molecule has 1 aliphatic heterocycles. The third-order valence-corrected chi connectivity index (χ3v) is 5.41. The van der Waals surface area contributed by atoms with E-state index in [1.54, 1.807) is 36.4 Å². The molecule has 0 spiro atoms. The first-order valence-electron chi connectivity index (χ1n) is 9.86. The number of hydrogen-bond donors (Lipinski definition) is 2. The van der Waals surface area contributed by atoms with Gasteiger partial charge >= 0.3 is 0 Å². The molecule has 142 valence electrons. The second-order valence-electron chi connectivity index (χ2n) is 7.36. The van der Waals surface area contributed by atoms with Gasteiger partial charge in [-0.25, -0.2) is 0 Å². The average Bonchev–Trinajstić information content (AvgIpc) is 2.75. The summed E-state index contributed by atoms with van der Waals surface area (Å²) in [4.78, 5) is 25.4. The van der Waals surface area contributed by atoms with E-state index in [9.17, 15) is 9.59 Å². The molecule has 4 rings (SSSR count). The van der Waals surface area contributed by atoms with Crippen LogP contribution < -0.4 is 10.6 Å². The molecule has 2 aromatic carbocycles. The number of allylic oxidation sites excluding steroid dienone is 2. The van der Waals surface area contributed by atoms with Crippen molar-refractivity contribution in [1.29, 1.82) is 0 Å². The Balaban J connectivity index is 1.65. The first kappa shape index (κ1) is 18.2. The van der Waals surface area contributed by atoms with Crippen molar-refractivity contribution < 1.29 is 9.59 Å². The predicted octanol–water partition coefficient (Wildman–Crippen LogP) is 4.02. The van der Waals surface area contributed by atoms with E-state index in [2.05, 4.69) is 10.6 Å². The molecule has 2 aromatic rings. The Labute approximate surface area is 165 Å². The lowest BCUT2D eigenvalue weighted by atomic mass is 9.87. The molecule has 0 unspecified atom stereocenters. The zero-order chi connectivity index (χ0) is 19.3. The van der Waals surface area contributed by atoms with Gasteiger partial charge in [-0.15, -0.1) is 0 Å². The van der Waals surface area contributed by atoms with Crippen molar-refractivity contribution in [3.05, 3.63) is 95.3 Å². The largest absolute Gasteiger partial charge is 0.378 e. The summed E-state index contributed by atoms with van der Waals surface area (Å²) in [6, 6.07) is 19.0. The summed E-state index contributed by atoms with van der Waals surface area (Å²) in [5.41, 5.74) is 2.66. The number of ketones is 2. The third-order valence-electron chi connectivity index (χ3n) is 5.41. The van der Waals surface area contributed by atoms with E-state index in [1.807, 2.05) is 36.4 Å². The number of hydrogen-bond acceptors (Lipinski definition) is 4. The summed E-state index contributed by atoms with van der Waals surface area (Å²) < 4.78 is 0. The second-order valence-corrected chi connectivity index (χ2v) is 7.36. The van der Waals surface area contributed by atoms with E-state index >= 15 is 0 Å². The fourth-order valence-electron chi connectivity index (χ4n) is 3.90. The van der Waals surface area contributed by atoms with Gasteiger partial charge in [0, 0.05) is 35.4 Å². The lowest BCUT2D eigenvalue weighted by Gasteiger charge is -2.40. The molecular formula is C24H24N2O2. The SMILES string of the molecule is O=C(/C=C1/N[C@H]2CCCC[C@H]2N/C1=C/C(=O)c1ccccc1)c1ccccc1. The van der Waals surface area contributed by atoms with Gasteiger partial charge in [-0.2, -0.15) is 0 Å². The number of piperazine rings is 1. The highest BCUT2D eigenvalue weighted by Crippen LogP contribution is 2.26. The molecule has 1 saturated heterocycles. The average molecular weight is 372 g/mol. The monoisotopic (exact) mass is 372 g/mol. The van der Waals surface area contributed by atoms with Gasteiger partial charge < -0.3 is 10.6 Å². The Bertz CT molecular complexity index is 839. The summed E-state index contributed by atoms with van der Waals surface area (Å²) in [5, 5.41) is 7.04. The zero-order valence-corrected chi connectivity index (χ0v) is 15.7. The van der Waals surface area contributed by atoms with Crippen molar-refractivity contribution >= 4 is 11.6 Å². The van der Waals surface area contributed by atoms with Gasteiger partial charge in [-0.3, -0.25) is 9.59 Å². The maximum absolute atomic E-state index is 12.7. The van der Waals surface area contributed by atoms with Gasteiger partial charge in [-0.1, -0.05) is 73.5 Å². The third kappa shape index (κ3) is 4.06. The van der Waals surface area contributed by atoms with Crippen LogP contribution in [0.25, 0.3) is 0 Å². The molecule has 2 aliphatic rings. The molecule has 0 aromatic heterocycles. The Morgan fingerprint density at radius 2 is 1.07 bits per heavy atom. The molecule has 0 amide bonds. The fraction of sp³-hybridized carbons (Fsp3) is 0.250. The predicted molar refractivity (Wildman–Crippen MR) is 110 cm³/mol. The van der Waals surface area contributed by atoms with Gasteiger partial charge in [-0.05, 0) is 12.8 Å². The summed E-state index contributed by atoms with van der Waals surface area (Å²) in [6.45, 7) is 0. The molecule has 0 bridgehead atoms. The Morgan fingerprint density at radius 1 is 0.679 bits per heavy atom. The van der Waals surface area contributed by atoms with E-state index in [0.717, 1.165) is 12.8 Å². The molecule has 1 saturated carbocycles. The second kappa shape index (κ2) is 8.26. The summed E-state index contributed by atoms with van der Waals surface area (Å²) >= 11 is 0. The molecule has 4 nitrogen and oxygen atoms in total. The van der Waals surface area contributed by atoms with Crippen molar-refractivity contribution in [3.63, 3.8) is 0 Å². The standard InChI is InChI=1S/C24H24N2O2/c27-23(17-9-3-1-4-10-17)15-21-22(16-24(28)18-11-5-2-6-12-18)26-20-14-8-7-13-19(20)25-21/h1-6,9-12,15-16,19-20,25-26H,7-8,13-14H2/b21-15+,22-16+/t19-,20+. The van der Waals surface area contributed by atoms with Gasteiger partial charge in [0.05, 0.1) is 11.4 Å². The first-order chi connectivity index (χ1) is 13.7. The Hall–Kier alpha value is -3.14. The summed E-state index contributed by atoms with van der Waals surface area (Å²) in [7, 11) is 0. The summed E-state index contributed by atoms with van der Waals surface area (Å²) in [5.74, 6) is -0.144. The molecule has 2 N–H and O–H groups in total. The minimum atomic E-state index is -0.0720. The van der Waals surface area contributed by atoms with E-state index in [0.29, 0.717) is 22.5 Å². The number of carbonyl (C=O) groups is 2. The Kier molecular flexibility index (Phi) is 5.38. The minimum absolute atomic E-state index is 0.0720. The smallest absolute Gasteiger partial charge is 0.187 e. The van der Waals surface area contributed by atoms with Gasteiger partial charge in [0.2, 0.25) is 0 Å². The Morgan fingerprint density at radius 3 is 1.46 bits per heavy atom. The molecule has 2 fully saturated rings. The maximum Gasteiger partial charge on any atom is 0.187 e. The molecule has 28 heavy (non-hydrogen) atoms. The van der Waals surface area contributed by atoms with Crippen LogP contribution in [0, 0.1) is 0 Å². The molecule has 1 heterocycles. The van der Waals surface area contributed by atoms with Gasteiger partial charge in [0.1, 0.15) is 0 Å². The van der Waals surface area contributed by atoms with Crippen LogP contribution in [0.3, 0.4) is 0 Å². The van der Waals surface area contributed by atoms with Crippen LogP contribution >= 0.6 is 0 Å². The summed E-state index contributed by atoms with van der Waals surface area (Å²) in [6.07, 6.45) is 7.70. The van der Waals surface area contributed by atoms with Crippen LogP contribution in [0.15, 0.2) is 84.2 Å². The number of fused-ring (bicyclic) bond motifs is 1. The van der Waals surface area contributed by atoms with Crippen molar-refractivity contribution in [2.45, 2.75) is 37.8 Å². The van der Waals surface area contributed by atoms with Gasteiger partial charge in [0.15, 0.2) is 11.6 Å². The molecule has 0 radical (unpaired) electrons. The number of carbonyl (C=O) groups excluding carboxylic acids is 2. The fourth-order valence-corrected chi connectivity index (χ4v) is 3.90. The lowest BCUT2D eigenvalue weighted by Crippen LogP contribution is -2.55. The first-order valence-corrected chi connectivity index (χ1v) is 9.86. The molecule has 4 heteroatoms. The highest BCUT2D eigenvalue weighted by molar-refractivity contribution is 6.07. The van der Waals surface area contributed by atoms with Crippen LogP contribution in [0.1, 0.15) is 46.4 Å². The van der Waals surface area contributed by atoms with Gasteiger partial charge in [0.25, 0.3) is 0 Å². The number of rotatable bonds is 4. The van der Waals surface area contributed by atoms with Crippen molar-refractivity contribution in [2.75, 3.05) is 0 Å². The highest BCUT2D eigenvalue weighted by Gasteiger charge is 2.31.